The lowest BCUT2D eigenvalue weighted by atomic mass is 9.52. The summed E-state index contributed by atoms with van der Waals surface area (Å²) in [4.78, 5) is 38.6. The number of amides is 2. The van der Waals surface area contributed by atoms with E-state index >= 15 is 0 Å². The third-order valence-electron chi connectivity index (χ3n) is 9.25. The van der Waals surface area contributed by atoms with Gasteiger partial charge >= 0.3 is 11.8 Å². The molecule has 8 rings (SSSR count). The van der Waals surface area contributed by atoms with Gasteiger partial charge in [-0.25, -0.2) is 9.97 Å². The van der Waals surface area contributed by atoms with Crippen LogP contribution in [-0.4, -0.2) is 96.5 Å². The molecule has 4 bridgehead atoms. The van der Waals surface area contributed by atoms with E-state index in [2.05, 4.69) is 30.0 Å². The Labute approximate surface area is 213 Å². The van der Waals surface area contributed by atoms with Gasteiger partial charge in [0.1, 0.15) is 5.82 Å². The summed E-state index contributed by atoms with van der Waals surface area (Å²) in [6.07, 6.45) is 8.19. The fraction of sp³-hybridized carbons (Fsp3) is 0.615. The predicted molar refractivity (Wildman–Crippen MR) is 136 cm³/mol. The number of aliphatic hydroxyl groups excluding tert-OH is 1. The van der Waals surface area contributed by atoms with Crippen molar-refractivity contribution < 1.29 is 19.8 Å². The Kier molecular flexibility index (Phi) is 5.31. The number of carbonyl (C=O) groups excluding carboxylic acids is 2. The number of β-amino-alcohol motifs (C(OH)–C–C–N with tert-alkyl or cyclic N) is 1. The maximum Gasteiger partial charge on any atom is 0.315 e. The SMILES string of the molecule is O=C(Nc1[nH]n(C2[C@@H]3CC4C[C@H]2CC(O)(C4)C3)c2c1cnc1nccc12)C(=O)N1CCN(CCO)CC1. The van der Waals surface area contributed by atoms with Crippen molar-refractivity contribution in [3.63, 3.8) is 0 Å². The molecule has 5 fully saturated rings. The van der Waals surface area contributed by atoms with Crippen LogP contribution in [0.3, 0.4) is 0 Å². The molecule has 5 aliphatic rings. The highest BCUT2D eigenvalue weighted by molar-refractivity contribution is 6.40. The normalized spacial score (nSPS) is 31.5. The van der Waals surface area contributed by atoms with Crippen molar-refractivity contribution in [2.45, 2.75) is 43.7 Å². The van der Waals surface area contributed by atoms with E-state index in [0.29, 0.717) is 61.9 Å². The number of hydrogen-bond donors (Lipinski definition) is 4. The molecule has 5 atom stereocenters. The Morgan fingerprint density at radius 2 is 1.84 bits per heavy atom. The first-order chi connectivity index (χ1) is 17.9. The average molecular weight is 508 g/mol. The van der Waals surface area contributed by atoms with Crippen LogP contribution >= 0.6 is 0 Å². The van der Waals surface area contributed by atoms with Crippen molar-refractivity contribution >= 4 is 39.6 Å². The van der Waals surface area contributed by atoms with Crippen LogP contribution in [-0.2, 0) is 9.59 Å². The van der Waals surface area contributed by atoms with Gasteiger partial charge in [-0.2, -0.15) is 0 Å². The van der Waals surface area contributed by atoms with Crippen LogP contribution in [0.4, 0.5) is 5.82 Å². The first kappa shape index (κ1) is 23.1. The van der Waals surface area contributed by atoms with Gasteiger partial charge in [0.2, 0.25) is 0 Å². The number of aromatic nitrogens is 4. The lowest BCUT2D eigenvalue weighted by Gasteiger charge is -2.58. The number of pyridine rings is 1. The van der Waals surface area contributed by atoms with E-state index in [1.54, 1.807) is 17.3 Å². The van der Waals surface area contributed by atoms with E-state index in [0.717, 1.165) is 48.4 Å². The minimum absolute atomic E-state index is 0.0805. The third-order valence-corrected chi connectivity index (χ3v) is 9.25. The molecule has 11 nitrogen and oxygen atoms in total. The van der Waals surface area contributed by atoms with Gasteiger partial charge in [-0.3, -0.25) is 24.3 Å². The summed E-state index contributed by atoms with van der Waals surface area (Å²) in [6, 6.07) is 2.13. The molecule has 0 spiro atoms. The molecule has 2 amide bonds. The summed E-state index contributed by atoms with van der Waals surface area (Å²) in [5.41, 5.74) is 1.05. The molecule has 3 unspecified atom stereocenters. The second kappa shape index (κ2) is 8.50. The molecule has 1 aliphatic heterocycles. The molecule has 3 aromatic heterocycles. The molecular formula is C26H33N7O4. The summed E-state index contributed by atoms with van der Waals surface area (Å²) >= 11 is 0. The van der Waals surface area contributed by atoms with Gasteiger partial charge < -0.3 is 20.4 Å². The molecule has 4 heterocycles. The number of hydrogen-bond acceptors (Lipinski definition) is 7. The zero-order valence-corrected chi connectivity index (χ0v) is 20.8. The van der Waals surface area contributed by atoms with Gasteiger partial charge in [-0.1, -0.05) is 0 Å². The van der Waals surface area contributed by atoms with Crippen LogP contribution in [0.5, 0.6) is 0 Å². The highest BCUT2D eigenvalue weighted by atomic mass is 16.3. The number of fused-ring (bicyclic) bond motifs is 3. The van der Waals surface area contributed by atoms with Crippen LogP contribution in [0.2, 0.25) is 0 Å². The highest BCUT2D eigenvalue weighted by Crippen LogP contribution is 2.60. The van der Waals surface area contributed by atoms with Crippen molar-refractivity contribution in [2.24, 2.45) is 17.8 Å². The van der Waals surface area contributed by atoms with Gasteiger partial charge in [0.15, 0.2) is 5.65 Å². The van der Waals surface area contributed by atoms with Crippen molar-refractivity contribution in [1.82, 2.24) is 29.5 Å². The van der Waals surface area contributed by atoms with Crippen molar-refractivity contribution in [2.75, 3.05) is 44.6 Å². The van der Waals surface area contributed by atoms with Crippen LogP contribution in [0.15, 0.2) is 18.5 Å². The Bertz CT molecular complexity index is 1360. The predicted octanol–water partition coefficient (Wildman–Crippen LogP) is 1.10. The van der Waals surface area contributed by atoms with Crippen LogP contribution < -0.4 is 5.32 Å². The summed E-state index contributed by atoms with van der Waals surface area (Å²) in [5.74, 6) is 0.530. The molecule has 4 saturated carbocycles. The van der Waals surface area contributed by atoms with Crippen LogP contribution in [0.1, 0.15) is 38.1 Å². The molecule has 4 aliphatic carbocycles. The van der Waals surface area contributed by atoms with Crippen LogP contribution in [0, 0.1) is 17.8 Å². The standard InChI is InChI=1S/C26H33N7O4/c34-8-7-31-3-5-32(6-4-31)25(36)24(35)29-23-19-14-28-22-18(1-2-27-22)21(19)33(30-23)20-16-9-15-10-17(20)13-26(37,11-15)12-16/h1-2,14-17,20,30,34,37H,3-13H2,(H,29,35)/t15?,16-,17+,20?,26?. The molecule has 11 heteroatoms. The Morgan fingerprint density at radius 1 is 1.08 bits per heavy atom. The van der Waals surface area contributed by atoms with Gasteiger partial charge in [-0.05, 0) is 55.9 Å². The molecule has 0 radical (unpaired) electrons. The monoisotopic (exact) mass is 507 g/mol. The van der Waals surface area contributed by atoms with Crippen molar-refractivity contribution in [3.8, 4) is 0 Å². The molecule has 0 aromatic carbocycles. The summed E-state index contributed by atoms with van der Waals surface area (Å²) in [6.45, 7) is 2.83. The maximum atomic E-state index is 13.1. The Hall–Kier alpha value is -3.02. The van der Waals surface area contributed by atoms with E-state index in [9.17, 15) is 14.7 Å². The smallest absolute Gasteiger partial charge is 0.315 e. The quantitative estimate of drug-likeness (QED) is 0.388. The van der Waals surface area contributed by atoms with E-state index in [1.807, 2.05) is 6.07 Å². The van der Waals surface area contributed by atoms with E-state index in [1.165, 1.54) is 0 Å². The number of anilines is 1. The third kappa shape index (κ3) is 3.74. The van der Waals surface area contributed by atoms with E-state index in [-0.39, 0.29) is 12.6 Å². The van der Waals surface area contributed by atoms with Crippen molar-refractivity contribution in [3.05, 3.63) is 18.5 Å². The number of nitrogens with one attached hydrogen (secondary N) is 2. The molecule has 3 aromatic rings. The minimum atomic E-state index is -0.675. The number of carbonyl (C=O) groups is 2. The average Bonchev–Trinajstić information content (AvgIpc) is 3.48. The van der Waals surface area contributed by atoms with Crippen LogP contribution in [0.25, 0.3) is 21.9 Å². The number of H-pyrrole nitrogens is 1. The molecule has 1 saturated heterocycles. The first-order valence-corrected chi connectivity index (χ1v) is 13.4. The summed E-state index contributed by atoms with van der Waals surface area (Å²) in [5, 5.41) is 28.2. The van der Waals surface area contributed by atoms with E-state index < -0.39 is 17.4 Å². The molecule has 4 N–H and O–H groups in total. The zero-order chi connectivity index (χ0) is 25.3. The molecular weight excluding hydrogens is 474 g/mol. The van der Waals surface area contributed by atoms with Gasteiger partial charge in [0.05, 0.1) is 29.2 Å². The Morgan fingerprint density at radius 3 is 2.54 bits per heavy atom. The molecule has 37 heavy (non-hydrogen) atoms. The second-order valence-electron chi connectivity index (χ2n) is 11.6. The minimum Gasteiger partial charge on any atom is -0.395 e. The van der Waals surface area contributed by atoms with Gasteiger partial charge in [0.25, 0.3) is 0 Å². The largest absolute Gasteiger partial charge is 0.395 e. The van der Waals surface area contributed by atoms with Gasteiger partial charge in [-0.15, -0.1) is 0 Å². The lowest BCUT2D eigenvalue weighted by Crippen LogP contribution is -2.55. The zero-order valence-electron chi connectivity index (χ0n) is 20.8. The fourth-order valence-corrected chi connectivity index (χ4v) is 7.95. The highest BCUT2D eigenvalue weighted by Gasteiger charge is 2.55. The fourth-order valence-electron chi connectivity index (χ4n) is 7.95. The second-order valence-corrected chi connectivity index (χ2v) is 11.6. The first-order valence-electron chi connectivity index (χ1n) is 13.4. The van der Waals surface area contributed by atoms with E-state index in [4.69, 9.17) is 5.11 Å². The topological polar surface area (TPSA) is 140 Å². The van der Waals surface area contributed by atoms with Crippen molar-refractivity contribution in [1.29, 1.82) is 0 Å². The summed E-state index contributed by atoms with van der Waals surface area (Å²) < 4.78 is 2.17. The number of aromatic amines is 1. The number of aliphatic hydroxyl groups is 2. The number of piperazine rings is 1. The number of rotatable bonds is 4. The lowest BCUT2D eigenvalue weighted by molar-refractivity contribution is -0.148. The summed E-state index contributed by atoms with van der Waals surface area (Å²) in [7, 11) is 0. The Balaban J connectivity index is 1.21. The maximum absolute atomic E-state index is 13.1. The number of nitrogens with zero attached hydrogens (tertiary/aromatic N) is 5. The molecule has 196 valence electrons. The van der Waals surface area contributed by atoms with Gasteiger partial charge in [0, 0.05) is 50.5 Å².